The molecule has 2 rings (SSSR count). The number of nitrogens with zero attached hydrogens (tertiary/aromatic N) is 1. The third-order valence-electron chi connectivity index (χ3n) is 5.91. The fourth-order valence-electron chi connectivity index (χ4n) is 3.50. The predicted molar refractivity (Wildman–Crippen MR) is 103 cm³/mol. The van der Waals surface area contributed by atoms with Crippen molar-refractivity contribution in [1.82, 2.24) is 5.32 Å². The molecule has 0 aromatic heterocycles. The lowest BCUT2D eigenvalue weighted by Gasteiger charge is -2.34. The lowest BCUT2D eigenvalue weighted by molar-refractivity contribution is -1.02. The number of benzene rings is 1. The number of nitriles is 1. The van der Waals surface area contributed by atoms with Gasteiger partial charge >= 0.3 is 0 Å². The zero-order chi connectivity index (χ0) is 19.3. The van der Waals surface area contributed by atoms with Crippen molar-refractivity contribution >= 4 is 5.91 Å². The molecular formula is C21H34N4O+2. The number of rotatable bonds is 6. The van der Waals surface area contributed by atoms with Crippen molar-refractivity contribution in [2.24, 2.45) is 5.92 Å². The normalized spacial score (nSPS) is 23.7. The molecule has 1 aromatic rings. The van der Waals surface area contributed by atoms with Gasteiger partial charge in [0.15, 0.2) is 6.04 Å². The van der Waals surface area contributed by atoms with E-state index < -0.39 is 5.54 Å². The predicted octanol–water partition coefficient (Wildman–Crippen LogP) is -0.279. The van der Waals surface area contributed by atoms with E-state index in [1.165, 1.54) is 16.0 Å². The van der Waals surface area contributed by atoms with Crippen LogP contribution in [0, 0.1) is 24.2 Å². The van der Waals surface area contributed by atoms with Gasteiger partial charge < -0.3 is 15.1 Å². The van der Waals surface area contributed by atoms with Gasteiger partial charge in [0.05, 0.1) is 6.07 Å². The molecule has 0 aliphatic carbocycles. The van der Waals surface area contributed by atoms with Gasteiger partial charge in [-0.25, -0.2) is 0 Å². The second kappa shape index (κ2) is 8.66. The molecule has 1 heterocycles. The minimum Gasteiger partial charge on any atom is -0.333 e. The first-order valence-corrected chi connectivity index (χ1v) is 9.72. The molecule has 3 N–H and O–H groups in total. The summed E-state index contributed by atoms with van der Waals surface area (Å²) in [6.45, 7) is 15.0. The van der Waals surface area contributed by atoms with Crippen molar-refractivity contribution in [2.75, 3.05) is 26.2 Å². The van der Waals surface area contributed by atoms with Crippen molar-refractivity contribution in [3.63, 3.8) is 0 Å². The number of carbonyl (C=O) groups excluding carboxylic acids is 1. The molecule has 1 saturated heterocycles. The maximum atomic E-state index is 12.6. The van der Waals surface area contributed by atoms with E-state index in [9.17, 15) is 10.1 Å². The molecule has 0 bridgehead atoms. The molecule has 0 radical (unpaired) electrons. The topological polar surface area (TPSA) is 61.8 Å². The van der Waals surface area contributed by atoms with Gasteiger partial charge in [-0.15, -0.1) is 0 Å². The standard InChI is InChI=1S/C21H32N4O/c1-16(2)21(5,15-22)23-20(26)18(4)25-11-9-24(10-12-25)14-19-8-6-7-17(3)13-19/h6-8,13,16,18H,9-12,14H2,1-5H3,(H,23,26)/p+2/t18-,21-/m0/s1. The van der Waals surface area contributed by atoms with E-state index in [1.54, 1.807) is 4.90 Å². The van der Waals surface area contributed by atoms with Crippen LogP contribution in [-0.4, -0.2) is 43.7 Å². The Labute approximate surface area is 158 Å². The van der Waals surface area contributed by atoms with Gasteiger partial charge in [0.2, 0.25) is 0 Å². The number of amides is 1. The van der Waals surface area contributed by atoms with E-state index >= 15 is 0 Å². The number of hydrogen-bond donors (Lipinski definition) is 3. The summed E-state index contributed by atoms with van der Waals surface area (Å²) >= 11 is 0. The number of hydrogen-bond acceptors (Lipinski definition) is 2. The van der Waals surface area contributed by atoms with Crippen LogP contribution >= 0.6 is 0 Å². The second-order valence-electron chi connectivity index (χ2n) is 8.25. The summed E-state index contributed by atoms with van der Waals surface area (Å²) in [5.41, 5.74) is 1.89. The van der Waals surface area contributed by atoms with Crippen LogP contribution in [0.1, 0.15) is 38.8 Å². The van der Waals surface area contributed by atoms with Crippen LogP contribution in [-0.2, 0) is 11.3 Å². The van der Waals surface area contributed by atoms with Crippen LogP contribution in [0.15, 0.2) is 24.3 Å². The zero-order valence-electron chi connectivity index (χ0n) is 16.9. The summed E-state index contributed by atoms with van der Waals surface area (Å²) in [4.78, 5) is 15.5. The molecule has 0 saturated carbocycles. The first-order valence-electron chi connectivity index (χ1n) is 9.72. The van der Waals surface area contributed by atoms with Crippen LogP contribution in [0.5, 0.6) is 0 Å². The minimum absolute atomic E-state index is 0.0140. The lowest BCUT2D eigenvalue weighted by atomic mass is 9.89. The fourth-order valence-corrected chi connectivity index (χ4v) is 3.50. The summed E-state index contributed by atoms with van der Waals surface area (Å²) in [7, 11) is 0. The van der Waals surface area contributed by atoms with Crippen LogP contribution in [0.3, 0.4) is 0 Å². The Bertz CT molecular complexity index is 658. The summed E-state index contributed by atoms with van der Waals surface area (Å²) < 4.78 is 0. The Morgan fingerprint density at radius 1 is 1.27 bits per heavy atom. The van der Waals surface area contributed by atoms with Crippen LogP contribution in [0.4, 0.5) is 0 Å². The zero-order valence-corrected chi connectivity index (χ0v) is 16.9. The third kappa shape index (κ3) is 5.06. The van der Waals surface area contributed by atoms with Gasteiger partial charge in [0, 0.05) is 5.56 Å². The minimum atomic E-state index is -0.803. The maximum absolute atomic E-state index is 12.6. The molecule has 1 aromatic carbocycles. The Morgan fingerprint density at radius 3 is 2.46 bits per heavy atom. The molecule has 5 heteroatoms. The molecule has 0 spiro atoms. The first kappa shape index (κ1) is 20.4. The molecule has 5 nitrogen and oxygen atoms in total. The van der Waals surface area contributed by atoms with Gasteiger partial charge in [-0.1, -0.05) is 43.7 Å². The van der Waals surface area contributed by atoms with E-state index in [-0.39, 0.29) is 17.9 Å². The molecule has 2 atom stereocenters. The highest BCUT2D eigenvalue weighted by Gasteiger charge is 2.36. The highest BCUT2D eigenvalue weighted by molar-refractivity contribution is 5.81. The summed E-state index contributed by atoms with van der Waals surface area (Å²) in [6, 6.07) is 10.9. The van der Waals surface area contributed by atoms with Crippen molar-refractivity contribution in [2.45, 2.75) is 52.7 Å². The lowest BCUT2D eigenvalue weighted by Crippen LogP contribution is -3.29. The third-order valence-corrected chi connectivity index (χ3v) is 5.91. The SMILES string of the molecule is Cc1cccc(C[NH+]2CC[NH+]([C@@H](C)C(=O)N[C@@](C)(C#N)C(C)C)CC2)c1. The van der Waals surface area contributed by atoms with Crippen molar-refractivity contribution in [3.05, 3.63) is 35.4 Å². The maximum Gasteiger partial charge on any atom is 0.279 e. The Balaban J connectivity index is 1.87. The quantitative estimate of drug-likeness (QED) is 0.655. The highest BCUT2D eigenvalue weighted by Crippen LogP contribution is 2.14. The molecule has 1 aliphatic rings. The highest BCUT2D eigenvalue weighted by atomic mass is 16.2. The van der Waals surface area contributed by atoms with Crippen molar-refractivity contribution < 1.29 is 14.6 Å². The van der Waals surface area contributed by atoms with Gasteiger partial charge in [-0.3, -0.25) is 4.79 Å². The Hall–Kier alpha value is -1.90. The van der Waals surface area contributed by atoms with E-state index in [0.717, 1.165) is 32.7 Å². The number of carbonyl (C=O) groups is 1. The van der Waals surface area contributed by atoms with Crippen LogP contribution < -0.4 is 15.1 Å². The summed E-state index contributed by atoms with van der Waals surface area (Å²) in [6.07, 6.45) is 0. The fraction of sp³-hybridized carbons (Fsp3) is 0.619. The number of piperazine rings is 1. The van der Waals surface area contributed by atoms with Crippen LogP contribution in [0.25, 0.3) is 0 Å². The summed E-state index contributed by atoms with van der Waals surface area (Å²) in [5.74, 6) is 0.0640. The summed E-state index contributed by atoms with van der Waals surface area (Å²) in [5, 5.41) is 12.4. The molecular weight excluding hydrogens is 324 g/mol. The number of aryl methyl sites for hydroxylation is 1. The Kier molecular flexibility index (Phi) is 6.80. The largest absolute Gasteiger partial charge is 0.333 e. The average molecular weight is 359 g/mol. The van der Waals surface area contributed by atoms with E-state index in [1.807, 2.05) is 27.7 Å². The van der Waals surface area contributed by atoms with E-state index in [0.29, 0.717) is 0 Å². The molecule has 1 fully saturated rings. The van der Waals surface area contributed by atoms with Gasteiger partial charge in [-0.2, -0.15) is 5.26 Å². The van der Waals surface area contributed by atoms with E-state index in [4.69, 9.17) is 0 Å². The van der Waals surface area contributed by atoms with Gasteiger partial charge in [0.1, 0.15) is 38.3 Å². The van der Waals surface area contributed by atoms with Gasteiger partial charge in [-0.05, 0) is 26.7 Å². The molecule has 1 amide bonds. The number of quaternary nitrogens is 2. The van der Waals surface area contributed by atoms with Gasteiger partial charge in [0.25, 0.3) is 5.91 Å². The average Bonchev–Trinajstić information content (AvgIpc) is 2.61. The smallest absolute Gasteiger partial charge is 0.279 e. The molecule has 1 aliphatic heterocycles. The first-order chi connectivity index (χ1) is 12.2. The second-order valence-corrected chi connectivity index (χ2v) is 8.25. The van der Waals surface area contributed by atoms with Crippen molar-refractivity contribution in [1.29, 1.82) is 5.26 Å². The van der Waals surface area contributed by atoms with Crippen LogP contribution in [0.2, 0.25) is 0 Å². The monoisotopic (exact) mass is 358 g/mol. The molecule has 0 unspecified atom stereocenters. The van der Waals surface area contributed by atoms with Crippen molar-refractivity contribution in [3.8, 4) is 6.07 Å². The van der Waals surface area contributed by atoms with E-state index in [2.05, 4.69) is 42.6 Å². The number of nitrogens with one attached hydrogen (secondary N) is 3. The molecule has 142 valence electrons. The Morgan fingerprint density at radius 2 is 1.92 bits per heavy atom. The molecule has 26 heavy (non-hydrogen) atoms.